The molecule has 0 unspecified atom stereocenters. The number of H-pyrrole nitrogens is 1. The fourth-order valence-corrected chi connectivity index (χ4v) is 3.97. The summed E-state index contributed by atoms with van der Waals surface area (Å²) in [7, 11) is 0. The molecule has 0 saturated heterocycles. The van der Waals surface area contributed by atoms with Gasteiger partial charge in [-0.2, -0.15) is 0 Å². The first kappa shape index (κ1) is 20.0. The molecule has 0 bridgehead atoms. The number of thioether (sulfide) groups is 1. The maximum Gasteiger partial charge on any atom is 0.196 e. The first-order chi connectivity index (χ1) is 14.7. The van der Waals surface area contributed by atoms with Gasteiger partial charge in [-0.3, -0.25) is 9.36 Å². The number of carbonyl (C=O) groups is 1. The van der Waals surface area contributed by atoms with Gasteiger partial charge in [0.25, 0.3) is 0 Å². The number of aromatic nitrogens is 4. The zero-order valence-electron chi connectivity index (χ0n) is 16.6. The third-order valence-electron chi connectivity index (χ3n) is 4.54. The molecule has 2 heterocycles. The van der Waals surface area contributed by atoms with E-state index in [-0.39, 0.29) is 11.5 Å². The highest BCUT2D eigenvalue weighted by Gasteiger charge is 2.17. The molecule has 0 radical (unpaired) electrons. The molecule has 0 atom stereocenters. The molecule has 0 aliphatic heterocycles. The second kappa shape index (κ2) is 9.45. The highest BCUT2D eigenvalue weighted by molar-refractivity contribution is 7.99. The van der Waals surface area contributed by atoms with Crippen molar-refractivity contribution in [3.8, 4) is 11.4 Å². The number of hydrogen-bond acceptors (Lipinski definition) is 5. The van der Waals surface area contributed by atoms with Crippen LogP contribution in [-0.4, -0.2) is 37.9 Å². The minimum atomic E-state index is 0.0239. The summed E-state index contributed by atoms with van der Waals surface area (Å²) in [4.78, 5) is 15.4. The van der Waals surface area contributed by atoms with Gasteiger partial charge in [0.05, 0.1) is 18.1 Å². The van der Waals surface area contributed by atoms with Gasteiger partial charge >= 0.3 is 0 Å². The van der Waals surface area contributed by atoms with Crippen LogP contribution in [-0.2, 0) is 6.42 Å². The van der Waals surface area contributed by atoms with Crippen LogP contribution in [0.2, 0.25) is 0 Å². The molecule has 4 aromatic rings. The van der Waals surface area contributed by atoms with Gasteiger partial charge in [0.15, 0.2) is 10.9 Å². The molecular formula is C23H22N4O2S. The molecule has 0 saturated carbocycles. The predicted molar refractivity (Wildman–Crippen MR) is 118 cm³/mol. The Bertz CT molecular complexity index is 1090. The van der Waals surface area contributed by atoms with E-state index in [1.807, 2.05) is 60.0 Å². The smallest absolute Gasteiger partial charge is 0.196 e. The third kappa shape index (κ3) is 4.63. The van der Waals surface area contributed by atoms with Crippen LogP contribution in [0, 0.1) is 0 Å². The van der Waals surface area contributed by atoms with Crippen molar-refractivity contribution in [2.24, 2.45) is 0 Å². The van der Waals surface area contributed by atoms with E-state index in [0.717, 1.165) is 22.8 Å². The number of aromatic amines is 1. The molecule has 0 spiro atoms. The van der Waals surface area contributed by atoms with Crippen molar-refractivity contribution in [3.05, 3.63) is 90.0 Å². The molecule has 30 heavy (non-hydrogen) atoms. The minimum absolute atomic E-state index is 0.0239. The third-order valence-corrected chi connectivity index (χ3v) is 5.47. The second-order valence-electron chi connectivity index (χ2n) is 6.62. The van der Waals surface area contributed by atoms with Crippen LogP contribution < -0.4 is 4.74 Å². The summed E-state index contributed by atoms with van der Waals surface area (Å²) in [6.07, 6.45) is 2.39. The van der Waals surface area contributed by atoms with Crippen molar-refractivity contribution >= 4 is 17.5 Å². The van der Waals surface area contributed by atoms with E-state index in [1.54, 1.807) is 12.3 Å². The number of nitrogens with one attached hydrogen (secondary N) is 1. The summed E-state index contributed by atoms with van der Waals surface area (Å²) >= 11 is 1.38. The molecule has 2 aromatic heterocycles. The topological polar surface area (TPSA) is 72.8 Å². The molecule has 7 heteroatoms. The highest BCUT2D eigenvalue weighted by Crippen LogP contribution is 2.25. The fourth-order valence-electron chi connectivity index (χ4n) is 3.12. The van der Waals surface area contributed by atoms with Crippen molar-refractivity contribution in [1.29, 1.82) is 0 Å². The maximum atomic E-state index is 12.4. The summed E-state index contributed by atoms with van der Waals surface area (Å²) in [5.41, 5.74) is 2.68. The monoisotopic (exact) mass is 418 g/mol. The van der Waals surface area contributed by atoms with E-state index in [4.69, 9.17) is 4.74 Å². The van der Waals surface area contributed by atoms with Crippen LogP contribution in [0.1, 0.15) is 28.8 Å². The van der Waals surface area contributed by atoms with Gasteiger partial charge in [-0.25, -0.2) is 0 Å². The molecule has 152 valence electrons. The summed E-state index contributed by atoms with van der Waals surface area (Å²) in [5.74, 6) is 1.94. The molecule has 0 amide bonds. The number of nitrogens with zero attached hydrogens (tertiary/aromatic N) is 3. The average Bonchev–Trinajstić information content (AvgIpc) is 3.44. The quantitative estimate of drug-likeness (QED) is 0.319. The van der Waals surface area contributed by atoms with E-state index < -0.39 is 0 Å². The number of ether oxygens (including phenoxy) is 1. The van der Waals surface area contributed by atoms with Crippen LogP contribution in [0.25, 0.3) is 5.69 Å². The SMILES string of the molecule is CCOc1ccc(-n2c(Cc3ccccc3)nnc2SCC(=O)c2ccc[nH]2)cc1. The van der Waals surface area contributed by atoms with Crippen molar-refractivity contribution in [2.45, 2.75) is 18.5 Å². The minimum Gasteiger partial charge on any atom is -0.494 e. The summed E-state index contributed by atoms with van der Waals surface area (Å²) in [6.45, 7) is 2.58. The van der Waals surface area contributed by atoms with Crippen molar-refractivity contribution in [3.63, 3.8) is 0 Å². The molecule has 0 fully saturated rings. The molecule has 0 aliphatic rings. The molecule has 6 nitrogen and oxygen atoms in total. The largest absolute Gasteiger partial charge is 0.494 e. The lowest BCUT2D eigenvalue weighted by molar-refractivity contribution is 0.101. The lowest BCUT2D eigenvalue weighted by Gasteiger charge is -2.11. The number of rotatable bonds is 9. The van der Waals surface area contributed by atoms with Gasteiger partial charge in [-0.1, -0.05) is 42.1 Å². The Morgan fingerprint density at radius 3 is 2.53 bits per heavy atom. The normalized spacial score (nSPS) is 10.8. The van der Waals surface area contributed by atoms with Crippen LogP contribution in [0.5, 0.6) is 5.75 Å². The van der Waals surface area contributed by atoms with E-state index in [0.29, 0.717) is 23.9 Å². The van der Waals surface area contributed by atoms with Gasteiger partial charge < -0.3 is 9.72 Å². The number of ketones is 1. The van der Waals surface area contributed by atoms with Gasteiger partial charge in [-0.15, -0.1) is 10.2 Å². The van der Waals surface area contributed by atoms with Crippen molar-refractivity contribution < 1.29 is 9.53 Å². The Morgan fingerprint density at radius 2 is 1.83 bits per heavy atom. The number of carbonyl (C=O) groups excluding carboxylic acids is 1. The summed E-state index contributed by atoms with van der Waals surface area (Å²) in [6, 6.07) is 21.6. The lowest BCUT2D eigenvalue weighted by Crippen LogP contribution is -2.07. The first-order valence-electron chi connectivity index (χ1n) is 9.75. The van der Waals surface area contributed by atoms with Gasteiger partial charge in [0.1, 0.15) is 11.6 Å². The number of benzene rings is 2. The van der Waals surface area contributed by atoms with Crippen LogP contribution in [0.15, 0.2) is 78.1 Å². The van der Waals surface area contributed by atoms with Crippen LogP contribution in [0.4, 0.5) is 0 Å². The van der Waals surface area contributed by atoms with Crippen molar-refractivity contribution in [2.75, 3.05) is 12.4 Å². The van der Waals surface area contributed by atoms with Gasteiger partial charge in [0, 0.05) is 18.3 Å². The molecule has 0 aliphatic carbocycles. The highest BCUT2D eigenvalue weighted by atomic mass is 32.2. The Hall–Kier alpha value is -3.32. The molecular weight excluding hydrogens is 396 g/mol. The van der Waals surface area contributed by atoms with E-state index in [1.165, 1.54) is 11.8 Å². The Morgan fingerprint density at radius 1 is 1.03 bits per heavy atom. The zero-order chi connectivity index (χ0) is 20.8. The summed E-state index contributed by atoms with van der Waals surface area (Å²) < 4.78 is 7.57. The number of hydrogen-bond donors (Lipinski definition) is 1. The molecule has 1 N–H and O–H groups in total. The maximum absolute atomic E-state index is 12.4. The molecule has 2 aromatic carbocycles. The van der Waals surface area contributed by atoms with Gasteiger partial charge in [-0.05, 0) is 48.9 Å². The van der Waals surface area contributed by atoms with Crippen LogP contribution >= 0.6 is 11.8 Å². The average molecular weight is 419 g/mol. The first-order valence-corrected chi connectivity index (χ1v) is 10.7. The molecule has 4 rings (SSSR count). The van der Waals surface area contributed by atoms with Crippen LogP contribution in [0.3, 0.4) is 0 Å². The van der Waals surface area contributed by atoms with Gasteiger partial charge in [0.2, 0.25) is 0 Å². The Kier molecular flexibility index (Phi) is 6.29. The van der Waals surface area contributed by atoms with Crippen molar-refractivity contribution in [1.82, 2.24) is 19.7 Å². The zero-order valence-corrected chi connectivity index (χ0v) is 17.4. The fraction of sp³-hybridized carbons (Fsp3) is 0.174. The van der Waals surface area contributed by atoms with E-state index >= 15 is 0 Å². The lowest BCUT2D eigenvalue weighted by atomic mass is 10.1. The summed E-state index contributed by atoms with van der Waals surface area (Å²) in [5, 5.41) is 9.50. The van der Waals surface area contributed by atoms with E-state index in [9.17, 15) is 4.79 Å². The predicted octanol–water partition coefficient (Wildman–Crippen LogP) is 4.56. The van der Waals surface area contributed by atoms with E-state index in [2.05, 4.69) is 27.3 Å². The Labute approximate surface area is 179 Å². The Balaban J connectivity index is 1.62. The standard InChI is InChI=1S/C23H22N4O2S/c1-2-29-19-12-10-18(11-13-19)27-22(15-17-7-4-3-5-8-17)25-26-23(27)30-16-21(28)20-9-6-14-24-20/h3-14,24H,2,15-16H2,1H3. The second-order valence-corrected chi connectivity index (χ2v) is 7.56. The number of Topliss-reactive ketones (excluding diaryl/α,β-unsaturated/α-hetero) is 1.